The normalized spacial score (nSPS) is 22.7. The molecular weight excluding hydrogens is 248 g/mol. The average Bonchev–Trinajstić information content (AvgIpc) is 2.43. The van der Waals surface area contributed by atoms with Crippen LogP contribution in [-0.2, 0) is 9.53 Å². The SMILES string of the molecule is CCC(C)C(NC(=O)N1CCOCC1CC)C(=O)O. The summed E-state index contributed by atoms with van der Waals surface area (Å²) in [7, 11) is 0. The quantitative estimate of drug-likeness (QED) is 0.791. The highest BCUT2D eigenvalue weighted by Gasteiger charge is 2.31. The molecule has 2 amide bonds. The van der Waals surface area contributed by atoms with E-state index >= 15 is 0 Å². The van der Waals surface area contributed by atoms with E-state index in [2.05, 4.69) is 5.32 Å². The molecule has 0 spiro atoms. The summed E-state index contributed by atoms with van der Waals surface area (Å²) in [6.07, 6.45) is 1.51. The lowest BCUT2D eigenvalue weighted by molar-refractivity contribution is -0.140. The second kappa shape index (κ2) is 7.33. The molecule has 1 heterocycles. The first-order valence-electron chi connectivity index (χ1n) is 6.88. The molecule has 1 aliphatic heterocycles. The fourth-order valence-electron chi connectivity index (χ4n) is 2.16. The molecule has 3 unspecified atom stereocenters. The predicted octanol–water partition coefficient (Wildman–Crippen LogP) is 1.31. The number of ether oxygens (including phenoxy) is 1. The third-order valence-electron chi connectivity index (χ3n) is 3.72. The fourth-order valence-corrected chi connectivity index (χ4v) is 2.16. The standard InChI is InChI=1S/C13H24N2O4/c1-4-9(3)11(12(16)17)14-13(18)15-6-7-19-8-10(15)5-2/h9-11H,4-8H2,1-3H3,(H,14,18)(H,16,17). The molecule has 3 atom stereocenters. The zero-order chi connectivity index (χ0) is 14.4. The molecular formula is C13H24N2O4. The molecule has 110 valence electrons. The Morgan fingerprint density at radius 3 is 2.68 bits per heavy atom. The maximum atomic E-state index is 12.2. The van der Waals surface area contributed by atoms with Crippen LogP contribution in [0.25, 0.3) is 0 Å². The van der Waals surface area contributed by atoms with Crippen molar-refractivity contribution < 1.29 is 19.4 Å². The van der Waals surface area contributed by atoms with Crippen molar-refractivity contribution >= 4 is 12.0 Å². The Kier molecular flexibility index (Phi) is 6.08. The average molecular weight is 272 g/mol. The molecule has 0 saturated carbocycles. The molecule has 0 radical (unpaired) electrons. The Hall–Kier alpha value is -1.30. The van der Waals surface area contributed by atoms with Crippen LogP contribution in [-0.4, -0.2) is 53.8 Å². The number of morpholine rings is 1. The Morgan fingerprint density at radius 2 is 2.16 bits per heavy atom. The lowest BCUT2D eigenvalue weighted by Gasteiger charge is -2.36. The minimum Gasteiger partial charge on any atom is -0.480 e. The van der Waals surface area contributed by atoms with Crippen LogP contribution in [0.2, 0.25) is 0 Å². The van der Waals surface area contributed by atoms with E-state index in [1.165, 1.54) is 0 Å². The highest BCUT2D eigenvalue weighted by atomic mass is 16.5. The van der Waals surface area contributed by atoms with Crippen molar-refractivity contribution in [1.29, 1.82) is 0 Å². The highest BCUT2D eigenvalue weighted by Crippen LogP contribution is 2.13. The smallest absolute Gasteiger partial charge is 0.326 e. The summed E-state index contributed by atoms with van der Waals surface area (Å²) in [5.41, 5.74) is 0. The van der Waals surface area contributed by atoms with Gasteiger partial charge in [0.15, 0.2) is 0 Å². The van der Waals surface area contributed by atoms with Gasteiger partial charge in [-0.3, -0.25) is 0 Å². The summed E-state index contributed by atoms with van der Waals surface area (Å²) < 4.78 is 5.34. The van der Waals surface area contributed by atoms with Gasteiger partial charge in [-0.25, -0.2) is 9.59 Å². The van der Waals surface area contributed by atoms with E-state index in [-0.39, 0.29) is 18.0 Å². The number of carboxylic acids is 1. The van der Waals surface area contributed by atoms with Gasteiger partial charge in [0, 0.05) is 6.54 Å². The van der Waals surface area contributed by atoms with E-state index in [0.29, 0.717) is 26.2 Å². The number of carbonyl (C=O) groups is 2. The Balaban J connectivity index is 2.67. The summed E-state index contributed by atoms with van der Waals surface area (Å²) in [4.78, 5) is 25.1. The molecule has 0 aromatic heterocycles. The van der Waals surface area contributed by atoms with Gasteiger partial charge in [-0.2, -0.15) is 0 Å². The van der Waals surface area contributed by atoms with Crippen molar-refractivity contribution in [1.82, 2.24) is 10.2 Å². The second-order valence-corrected chi connectivity index (χ2v) is 4.98. The van der Waals surface area contributed by atoms with E-state index < -0.39 is 12.0 Å². The number of urea groups is 1. The molecule has 1 rings (SSSR count). The molecule has 2 N–H and O–H groups in total. The predicted molar refractivity (Wildman–Crippen MR) is 71.0 cm³/mol. The van der Waals surface area contributed by atoms with Crippen molar-refractivity contribution in [3.8, 4) is 0 Å². The minimum atomic E-state index is -0.982. The molecule has 0 bridgehead atoms. The number of rotatable bonds is 5. The number of hydrogen-bond acceptors (Lipinski definition) is 3. The van der Waals surface area contributed by atoms with E-state index in [0.717, 1.165) is 6.42 Å². The van der Waals surface area contributed by atoms with Crippen LogP contribution in [0.4, 0.5) is 4.79 Å². The summed E-state index contributed by atoms with van der Waals surface area (Å²) in [6.45, 7) is 7.27. The molecule has 19 heavy (non-hydrogen) atoms. The monoisotopic (exact) mass is 272 g/mol. The first-order valence-corrected chi connectivity index (χ1v) is 6.88. The summed E-state index contributed by atoms with van der Waals surface area (Å²) in [6, 6.07) is -1.11. The Morgan fingerprint density at radius 1 is 1.47 bits per heavy atom. The molecule has 6 heteroatoms. The molecule has 1 saturated heterocycles. The first-order chi connectivity index (χ1) is 9.01. The molecule has 0 aliphatic carbocycles. The molecule has 1 aliphatic rings. The van der Waals surface area contributed by atoms with E-state index in [1.807, 2.05) is 20.8 Å². The van der Waals surface area contributed by atoms with Crippen LogP contribution >= 0.6 is 0 Å². The second-order valence-electron chi connectivity index (χ2n) is 4.98. The van der Waals surface area contributed by atoms with Crippen LogP contribution in [0.5, 0.6) is 0 Å². The van der Waals surface area contributed by atoms with Gasteiger partial charge in [0.2, 0.25) is 0 Å². The number of carboxylic acid groups (broad SMARTS) is 1. The zero-order valence-electron chi connectivity index (χ0n) is 11.9. The highest BCUT2D eigenvalue weighted by molar-refractivity contribution is 5.83. The third-order valence-corrected chi connectivity index (χ3v) is 3.72. The summed E-state index contributed by atoms with van der Waals surface area (Å²) in [5, 5.41) is 11.8. The van der Waals surface area contributed by atoms with E-state index in [9.17, 15) is 14.7 Å². The van der Waals surface area contributed by atoms with Crippen molar-refractivity contribution in [3.05, 3.63) is 0 Å². The number of nitrogens with one attached hydrogen (secondary N) is 1. The van der Waals surface area contributed by atoms with Gasteiger partial charge >= 0.3 is 12.0 Å². The molecule has 0 aromatic rings. The Labute approximate surface area is 114 Å². The van der Waals surface area contributed by atoms with Crippen LogP contribution in [0, 0.1) is 5.92 Å². The Bertz CT molecular complexity index is 322. The summed E-state index contributed by atoms with van der Waals surface area (Å²) >= 11 is 0. The van der Waals surface area contributed by atoms with Gasteiger partial charge in [0.25, 0.3) is 0 Å². The minimum absolute atomic E-state index is 0.0279. The van der Waals surface area contributed by atoms with Crippen LogP contribution in [0.15, 0.2) is 0 Å². The van der Waals surface area contributed by atoms with Crippen LogP contribution in [0.1, 0.15) is 33.6 Å². The topological polar surface area (TPSA) is 78.9 Å². The van der Waals surface area contributed by atoms with Gasteiger partial charge in [-0.05, 0) is 12.3 Å². The number of carbonyl (C=O) groups excluding carboxylic acids is 1. The maximum Gasteiger partial charge on any atom is 0.326 e. The van der Waals surface area contributed by atoms with Crippen molar-refractivity contribution in [2.75, 3.05) is 19.8 Å². The van der Waals surface area contributed by atoms with Gasteiger partial charge < -0.3 is 20.1 Å². The number of aliphatic carboxylic acids is 1. The van der Waals surface area contributed by atoms with Crippen LogP contribution in [0.3, 0.4) is 0 Å². The van der Waals surface area contributed by atoms with E-state index in [4.69, 9.17) is 4.74 Å². The fraction of sp³-hybridized carbons (Fsp3) is 0.846. The number of amides is 2. The van der Waals surface area contributed by atoms with Crippen molar-refractivity contribution in [3.63, 3.8) is 0 Å². The zero-order valence-corrected chi connectivity index (χ0v) is 11.9. The molecule has 0 aromatic carbocycles. The third kappa shape index (κ3) is 4.09. The first kappa shape index (κ1) is 15.8. The van der Waals surface area contributed by atoms with E-state index in [1.54, 1.807) is 4.90 Å². The molecule has 6 nitrogen and oxygen atoms in total. The lowest BCUT2D eigenvalue weighted by Crippen LogP contribution is -2.56. The summed E-state index contributed by atoms with van der Waals surface area (Å²) in [5.74, 6) is -1.08. The van der Waals surface area contributed by atoms with Gasteiger partial charge in [-0.1, -0.05) is 27.2 Å². The largest absolute Gasteiger partial charge is 0.480 e. The molecule has 1 fully saturated rings. The number of nitrogens with zero attached hydrogens (tertiary/aromatic N) is 1. The van der Waals surface area contributed by atoms with Gasteiger partial charge in [-0.15, -0.1) is 0 Å². The van der Waals surface area contributed by atoms with Crippen molar-refractivity contribution in [2.45, 2.75) is 45.7 Å². The van der Waals surface area contributed by atoms with Gasteiger partial charge in [0.05, 0.1) is 19.3 Å². The van der Waals surface area contributed by atoms with Crippen LogP contribution < -0.4 is 5.32 Å². The van der Waals surface area contributed by atoms with Crippen molar-refractivity contribution in [2.24, 2.45) is 5.92 Å². The lowest BCUT2D eigenvalue weighted by atomic mass is 9.99. The maximum absolute atomic E-state index is 12.2. The number of hydrogen-bond donors (Lipinski definition) is 2. The van der Waals surface area contributed by atoms with Gasteiger partial charge in [0.1, 0.15) is 6.04 Å².